The minimum absolute atomic E-state index is 0.0442. The predicted molar refractivity (Wildman–Crippen MR) is 114 cm³/mol. The molecule has 150 valence electrons. The molecule has 0 N–H and O–H groups in total. The molecule has 3 heterocycles. The van der Waals surface area contributed by atoms with Gasteiger partial charge in [-0.05, 0) is 41.1 Å². The van der Waals surface area contributed by atoms with Crippen LogP contribution in [0.1, 0.15) is 49.2 Å². The number of benzene rings is 2. The zero-order chi connectivity index (χ0) is 20.7. The number of imide groups is 1. The van der Waals surface area contributed by atoms with Crippen molar-refractivity contribution in [1.82, 2.24) is 9.80 Å². The summed E-state index contributed by atoms with van der Waals surface area (Å²) < 4.78 is 0. The van der Waals surface area contributed by atoms with Crippen LogP contribution in [0.25, 0.3) is 0 Å². The van der Waals surface area contributed by atoms with E-state index in [9.17, 15) is 14.4 Å². The lowest BCUT2D eigenvalue weighted by Gasteiger charge is -2.36. The van der Waals surface area contributed by atoms with E-state index in [1.165, 1.54) is 15.3 Å². The van der Waals surface area contributed by atoms with Crippen molar-refractivity contribution in [2.45, 2.75) is 18.9 Å². The fraction of sp³-hybridized carbons (Fsp3) is 0.208. The van der Waals surface area contributed by atoms with Crippen LogP contribution < -0.4 is 0 Å². The Bertz CT molecular complexity index is 1100. The van der Waals surface area contributed by atoms with E-state index in [2.05, 4.69) is 11.4 Å². The van der Waals surface area contributed by atoms with Gasteiger partial charge in [-0.1, -0.05) is 42.5 Å². The molecular weight excluding hydrogens is 396 g/mol. The molecule has 30 heavy (non-hydrogen) atoms. The van der Waals surface area contributed by atoms with Gasteiger partial charge >= 0.3 is 0 Å². The van der Waals surface area contributed by atoms with Crippen LogP contribution in [0.15, 0.2) is 66.0 Å². The molecule has 0 bridgehead atoms. The highest BCUT2D eigenvalue weighted by Gasteiger charge is 2.37. The number of fused-ring (bicyclic) bond motifs is 2. The second-order valence-corrected chi connectivity index (χ2v) is 8.51. The highest BCUT2D eigenvalue weighted by Crippen LogP contribution is 2.38. The highest BCUT2D eigenvalue weighted by molar-refractivity contribution is 7.10. The van der Waals surface area contributed by atoms with Crippen LogP contribution in [0.4, 0.5) is 0 Å². The summed E-state index contributed by atoms with van der Waals surface area (Å²) in [6, 6.07) is 18.8. The Kier molecular flexibility index (Phi) is 4.71. The van der Waals surface area contributed by atoms with Gasteiger partial charge < -0.3 is 4.90 Å². The van der Waals surface area contributed by atoms with Gasteiger partial charge in [0.2, 0.25) is 5.91 Å². The summed E-state index contributed by atoms with van der Waals surface area (Å²) in [4.78, 5) is 42.8. The standard InChI is InChI=1S/C24H20N2O3S/c27-21(11-14-26-23(28)17-8-4-5-9-18(17)24(26)29)25-13-10-20-19(12-15-30-20)22(25)16-6-2-1-3-7-16/h1-9,12,15,22H,10-11,13-14H2. The van der Waals surface area contributed by atoms with Gasteiger partial charge in [-0.25, -0.2) is 0 Å². The number of carbonyl (C=O) groups is 3. The molecule has 5 nitrogen and oxygen atoms in total. The van der Waals surface area contributed by atoms with Gasteiger partial charge in [0, 0.05) is 24.4 Å². The first-order valence-electron chi connectivity index (χ1n) is 10.0. The van der Waals surface area contributed by atoms with E-state index in [4.69, 9.17) is 0 Å². The van der Waals surface area contributed by atoms with Gasteiger partial charge in [0.1, 0.15) is 0 Å². The van der Waals surface area contributed by atoms with Crippen LogP contribution in [-0.2, 0) is 11.2 Å². The summed E-state index contributed by atoms with van der Waals surface area (Å²) in [5, 5.41) is 2.08. The first kappa shape index (κ1) is 18.8. The normalized spacial score (nSPS) is 17.8. The summed E-state index contributed by atoms with van der Waals surface area (Å²) >= 11 is 1.73. The molecule has 0 saturated heterocycles. The predicted octanol–water partition coefficient (Wildman–Crippen LogP) is 3.91. The third-order valence-electron chi connectivity index (χ3n) is 5.83. The average Bonchev–Trinajstić information content (AvgIpc) is 3.35. The number of rotatable bonds is 4. The largest absolute Gasteiger partial charge is 0.331 e. The number of hydrogen-bond donors (Lipinski definition) is 0. The van der Waals surface area contributed by atoms with Crippen LogP contribution in [-0.4, -0.2) is 40.6 Å². The van der Waals surface area contributed by atoms with Gasteiger partial charge in [-0.15, -0.1) is 11.3 Å². The van der Waals surface area contributed by atoms with Crippen molar-refractivity contribution in [2.24, 2.45) is 0 Å². The summed E-state index contributed by atoms with van der Waals surface area (Å²) in [6.07, 6.45) is 0.948. The highest BCUT2D eigenvalue weighted by atomic mass is 32.1. The molecule has 2 aliphatic rings. The maximum absolute atomic E-state index is 13.2. The Morgan fingerprint density at radius 3 is 2.30 bits per heavy atom. The Labute approximate surface area is 178 Å². The molecule has 0 fully saturated rings. The molecule has 6 heteroatoms. The quantitative estimate of drug-likeness (QED) is 0.606. The number of nitrogens with zero attached hydrogens (tertiary/aromatic N) is 2. The molecule has 3 amide bonds. The van der Waals surface area contributed by atoms with E-state index in [0.717, 1.165) is 12.0 Å². The molecule has 1 aromatic heterocycles. The Balaban J connectivity index is 1.36. The third kappa shape index (κ3) is 3.04. The number of thiophene rings is 1. The zero-order valence-electron chi connectivity index (χ0n) is 16.3. The molecule has 0 aliphatic carbocycles. The summed E-state index contributed by atoms with van der Waals surface area (Å²) in [5.74, 6) is -0.680. The monoisotopic (exact) mass is 416 g/mol. The van der Waals surface area contributed by atoms with E-state index < -0.39 is 0 Å². The van der Waals surface area contributed by atoms with E-state index >= 15 is 0 Å². The second-order valence-electron chi connectivity index (χ2n) is 7.51. The van der Waals surface area contributed by atoms with Gasteiger partial charge in [-0.2, -0.15) is 0 Å². The number of carbonyl (C=O) groups excluding carboxylic acids is 3. The first-order valence-corrected chi connectivity index (χ1v) is 10.9. The fourth-order valence-corrected chi connectivity index (χ4v) is 5.28. The minimum Gasteiger partial charge on any atom is -0.331 e. The van der Waals surface area contributed by atoms with Crippen LogP contribution in [0.5, 0.6) is 0 Å². The van der Waals surface area contributed by atoms with E-state index in [0.29, 0.717) is 17.7 Å². The van der Waals surface area contributed by atoms with Crippen LogP contribution >= 0.6 is 11.3 Å². The van der Waals surface area contributed by atoms with E-state index in [1.807, 2.05) is 35.2 Å². The zero-order valence-corrected chi connectivity index (χ0v) is 17.1. The maximum atomic E-state index is 13.2. The van der Waals surface area contributed by atoms with Gasteiger partial charge in [0.15, 0.2) is 0 Å². The average molecular weight is 417 g/mol. The molecule has 3 aromatic rings. The molecule has 0 radical (unpaired) electrons. The van der Waals surface area contributed by atoms with Crippen molar-refractivity contribution < 1.29 is 14.4 Å². The first-order chi connectivity index (χ1) is 14.6. The molecule has 1 unspecified atom stereocenters. The van der Waals surface area contributed by atoms with Crippen molar-refractivity contribution in [3.05, 3.63) is 93.2 Å². The third-order valence-corrected chi connectivity index (χ3v) is 6.83. The van der Waals surface area contributed by atoms with Crippen molar-refractivity contribution >= 4 is 29.1 Å². The number of hydrogen-bond acceptors (Lipinski definition) is 4. The molecule has 2 aliphatic heterocycles. The molecular formula is C24H20N2O3S. The van der Waals surface area contributed by atoms with E-state index in [-0.39, 0.29) is 36.7 Å². The van der Waals surface area contributed by atoms with Crippen molar-refractivity contribution in [1.29, 1.82) is 0 Å². The molecule has 0 spiro atoms. The number of amides is 3. The van der Waals surface area contributed by atoms with Crippen molar-refractivity contribution in [3.63, 3.8) is 0 Å². The Morgan fingerprint density at radius 1 is 0.933 bits per heavy atom. The second kappa shape index (κ2) is 7.54. The van der Waals surface area contributed by atoms with Gasteiger partial charge in [-0.3, -0.25) is 19.3 Å². The van der Waals surface area contributed by atoms with Crippen LogP contribution in [0.2, 0.25) is 0 Å². The Hall–Kier alpha value is -3.25. The molecule has 5 rings (SSSR count). The molecule has 2 aromatic carbocycles. The van der Waals surface area contributed by atoms with Crippen molar-refractivity contribution in [3.8, 4) is 0 Å². The lowest BCUT2D eigenvalue weighted by Crippen LogP contribution is -2.42. The Morgan fingerprint density at radius 2 is 1.60 bits per heavy atom. The fourth-order valence-electron chi connectivity index (χ4n) is 4.37. The molecule has 1 atom stereocenters. The van der Waals surface area contributed by atoms with Crippen molar-refractivity contribution in [2.75, 3.05) is 13.1 Å². The summed E-state index contributed by atoms with van der Waals surface area (Å²) in [7, 11) is 0. The summed E-state index contributed by atoms with van der Waals surface area (Å²) in [6.45, 7) is 0.730. The smallest absolute Gasteiger partial charge is 0.261 e. The van der Waals surface area contributed by atoms with Gasteiger partial charge in [0.25, 0.3) is 11.8 Å². The maximum Gasteiger partial charge on any atom is 0.261 e. The lowest BCUT2D eigenvalue weighted by molar-refractivity contribution is -0.133. The van der Waals surface area contributed by atoms with E-state index in [1.54, 1.807) is 35.6 Å². The van der Waals surface area contributed by atoms with Crippen LogP contribution in [0, 0.1) is 0 Å². The summed E-state index contributed by atoms with van der Waals surface area (Å²) in [5.41, 5.74) is 3.08. The molecule has 0 saturated carbocycles. The van der Waals surface area contributed by atoms with Crippen LogP contribution in [0.3, 0.4) is 0 Å². The minimum atomic E-state index is -0.318. The lowest BCUT2D eigenvalue weighted by atomic mass is 9.93. The SMILES string of the molecule is O=C1c2ccccc2C(=O)N1CCC(=O)N1CCc2sccc2C1c1ccccc1. The van der Waals surface area contributed by atoms with Gasteiger partial charge in [0.05, 0.1) is 17.2 Å². The topological polar surface area (TPSA) is 57.7 Å².